The Kier molecular flexibility index (Phi) is 2.66. The molecule has 0 radical (unpaired) electrons. The first-order valence-electron chi connectivity index (χ1n) is 6.85. The molecule has 1 aliphatic heterocycles. The summed E-state index contributed by atoms with van der Waals surface area (Å²) >= 11 is 0. The average Bonchev–Trinajstić information content (AvgIpc) is 2.42. The fourth-order valence-electron chi connectivity index (χ4n) is 3.13. The number of allylic oxidation sites excluding steroid dienone is 1. The van der Waals surface area contributed by atoms with Crippen LogP contribution in [0.25, 0.3) is 0 Å². The fourth-order valence-corrected chi connectivity index (χ4v) is 3.13. The van der Waals surface area contributed by atoms with Gasteiger partial charge in [0.1, 0.15) is 0 Å². The van der Waals surface area contributed by atoms with Crippen molar-refractivity contribution in [3.63, 3.8) is 0 Å². The van der Waals surface area contributed by atoms with Gasteiger partial charge in [0.2, 0.25) is 0 Å². The summed E-state index contributed by atoms with van der Waals surface area (Å²) in [7, 11) is 0. The van der Waals surface area contributed by atoms with E-state index in [9.17, 15) is 4.79 Å². The molecule has 1 aliphatic carbocycles. The van der Waals surface area contributed by atoms with Crippen molar-refractivity contribution in [2.45, 2.75) is 39.7 Å². The molecule has 0 fully saturated rings. The molecule has 1 atom stereocenters. The predicted molar refractivity (Wildman–Crippen MR) is 78.2 cm³/mol. The van der Waals surface area contributed by atoms with E-state index in [0.717, 1.165) is 29.1 Å². The maximum atomic E-state index is 12.4. The van der Waals surface area contributed by atoms with E-state index >= 15 is 0 Å². The number of Topliss-reactive ketones (excluding diaryl/α,β-unsaturated/α-hetero) is 1. The van der Waals surface area contributed by atoms with Crippen LogP contribution in [-0.4, -0.2) is 11.8 Å². The Morgan fingerprint density at radius 1 is 1.16 bits per heavy atom. The Hall–Kier alpha value is -1.77. The van der Waals surface area contributed by atoms with Crippen LogP contribution < -0.4 is 10.6 Å². The third-order valence-corrected chi connectivity index (χ3v) is 3.94. The molecule has 100 valence electrons. The van der Waals surface area contributed by atoms with Crippen molar-refractivity contribution in [1.82, 2.24) is 0 Å². The second kappa shape index (κ2) is 4.12. The number of benzene rings is 1. The van der Waals surface area contributed by atoms with Gasteiger partial charge in [-0.2, -0.15) is 0 Å². The highest BCUT2D eigenvalue weighted by atomic mass is 16.1. The molecule has 19 heavy (non-hydrogen) atoms. The third-order valence-electron chi connectivity index (χ3n) is 3.94. The van der Waals surface area contributed by atoms with Gasteiger partial charge in [0.25, 0.3) is 0 Å². The van der Waals surface area contributed by atoms with Crippen LogP contribution in [0.1, 0.15) is 33.6 Å². The SMILES string of the molecule is CC1Nc2ccccc2NC2=C1C(=O)CC(C)(C)C2. The Labute approximate surface area is 114 Å². The molecule has 0 spiro atoms. The van der Waals surface area contributed by atoms with E-state index in [1.165, 1.54) is 0 Å². The molecule has 1 heterocycles. The minimum Gasteiger partial charge on any atom is -0.377 e. The number of nitrogens with one attached hydrogen (secondary N) is 2. The topological polar surface area (TPSA) is 41.1 Å². The van der Waals surface area contributed by atoms with Crippen molar-refractivity contribution < 1.29 is 4.79 Å². The lowest BCUT2D eigenvalue weighted by atomic mass is 9.74. The Morgan fingerprint density at radius 3 is 2.58 bits per heavy atom. The number of para-hydroxylation sites is 2. The quantitative estimate of drug-likeness (QED) is 0.745. The van der Waals surface area contributed by atoms with Crippen LogP contribution in [0.3, 0.4) is 0 Å². The van der Waals surface area contributed by atoms with Crippen molar-refractivity contribution in [3.05, 3.63) is 35.5 Å². The number of hydrogen-bond acceptors (Lipinski definition) is 3. The number of fused-ring (bicyclic) bond motifs is 1. The zero-order chi connectivity index (χ0) is 13.6. The molecule has 1 aromatic carbocycles. The van der Waals surface area contributed by atoms with Crippen molar-refractivity contribution >= 4 is 17.2 Å². The number of rotatable bonds is 0. The van der Waals surface area contributed by atoms with Gasteiger partial charge in [0.15, 0.2) is 5.78 Å². The second-order valence-corrected chi connectivity index (χ2v) is 6.37. The summed E-state index contributed by atoms with van der Waals surface area (Å²) in [6.07, 6.45) is 1.56. The van der Waals surface area contributed by atoms with Crippen LogP contribution in [0.5, 0.6) is 0 Å². The summed E-state index contributed by atoms with van der Waals surface area (Å²) in [5, 5.41) is 6.91. The van der Waals surface area contributed by atoms with Crippen molar-refractivity contribution in [3.8, 4) is 0 Å². The van der Waals surface area contributed by atoms with E-state index < -0.39 is 0 Å². The lowest BCUT2D eigenvalue weighted by Crippen LogP contribution is -2.33. The first-order valence-corrected chi connectivity index (χ1v) is 6.85. The summed E-state index contributed by atoms with van der Waals surface area (Å²) < 4.78 is 0. The van der Waals surface area contributed by atoms with Gasteiger partial charge < -0.3 is 10.6 Å². The summed E-state index contributed by atoms with van der Waals surface area (Å²) in [6.45, 7) is 6.38. The zero-order valence-electron chi connectivity index (χ0n) is 11.7. The van der Waals surface area contributed by atoms with Gasteiger partial charge in [-0.25, -0.2) is 0 Å². The highest BCUT2D eigenvalue weighted by Crippen LogP contribution is 2.41. The maximum Gasteiger partial charge on any atom is 0.163 e. The third kappa shape index (κ3) is 2.14. The molecule has 3 nitrogen and oxygen atoms in total. The van der Waals surface area contributed by atoms with Crippen LogP contribution in [0.4, 0.5) is 11.4 Å². The molecule has 3 rings (SSSR count). The molecule has 0 saturated carbocycles. The molecular weight excluding hydrogens is 236 g/mol. The molecule has 2 aliphatic rings. The van der Waals surface area contributed by atoms with Crippen LogP contribution in [0.2, 0.25) is 0 Å². The molecular formula is C16H20N2O. The van der Waals surface area contributed by atoms with Gasteiger partial charge in [-0.15, -0.1) is 0 Å². The number of hydrogen-bond donors (Lipinski definition) is 2. The number of ketones is 1. The predicted octanol–water partition coefficient (Wildman–Crippen LogP) is 3.56. The molecule has 2 N–H and O–H groups in total. The first-order chi connectivity index (χ1) is 8.96. The fraction of sp³-hybridized carbons (Fsp3) is 0.438. The van der Waals surface area contributed by atoms with Crippen LogP contribution in [-0.2, 0) is 4.79 Å². The molecule has 1 aromatic rings. The second-order valence-electron chi connectivity index (χ2n) is 6.37. The Morgan fingerprint density at radius 2 is 1.84 bits per heavy atom. The van der Waals surface area contributed by atoms with Gasteiger partial charge in [-0.1, -0.05) is 26.0 Å². The number of anilines is 2. The van der Waals surface area contributed by atoms with Crippen molar-refractivity contribution in [2.75, 3.05) is 10.6 Å². The largest absolute Gasteiger partial charge is 0.377 e. The Balaban J connectivity index is 2.07. The Bertz CT molecular complexity index is 572. The van der Waals surface area contributed by atoms with E-state index in [0.29, 0.717) is 6.42 Å². The van der Waals surface area contributed by atoms with Gasteiger partial charge in [0, 0.05) is 17.7 Å². The van der Waals surface area contributed by atoms with Crippen LogP contribution in [0, 0.1) is 5.41 Å². The zero-order valence-corrected chi connectivity index (χ0v) is 11.7. The van der Waals surface area contributed by atoms with E-state index in [-0.39, 0.29) is 17.2 Å². The maximum absolute atomic E-state index is 12.4. The molecule has 3 heteroatoms. The molecule has 1 unspecified atom stereocenters. The normalized spacial score (nSPS) is 24.8. The minimum atomic E-state index is 0.0436. The van der Waals surface area contributed by atoms with E-state index in [2.05, 4.69) is 37.5 Å². The van der Waals surface area contributed by atoms with Gasteiger partial charge in [-0.3, -0.25) is 4.79 Å². The summed E-state index contributed by atoms with van der Waals surface area (Å²) in [5.41, 5.74) is 4.18. The number of carbonyl (C=O) groups excluding carboxylic acids is 1. The van der Waals surface area contributed by atoms with Crippen LogP contribution >= 0.6 is 0 Å². The van der Waals surface area contributed by atoms with Crippen molar-refractivity contribution in [2.24, 2.45) is 5.41 Å². The molecule has 0 amide bonds. The highest BCUT2D eigenvalue weighted by molar-refractivity contribution is 6.00. The van der Waals surface area contributed by atoms with E-state index in [1.54, 1.807) is 0 Å². The summed E-state index contributed by atoms with van der Waals surface area (Å²) in [4.78, 5) is 12.4. The summed E-state index contributed by atoms with van der Waals surface area (Å²) in [6, 6.07) is 8.19. The standard InChI is InChI=1S/C16H20N2O/c1-10-15-13(8-16(2,3)9-14(15)19)18-12-7-5-4-6-11(12)17-10/h4-7,10,17-18H,8-9H2,1-3H3. The molecule has 0 aromatic heterocycles. The van der Waals surface area contributed by atoms with Gasteiger partial charge in [-0.05, 0) is 30.9 Å². The monoisotopic (exact) mass is 256 g/mol. The number of carbonyl (C=O) groups is 1. The van der Waals surface area contributed by atoms with Crippen molar-refractivity contribution in [1.29, 1.82) is 0 Å². The highest BCUT2D eigenvalue weighted by Gasteiger charge is 2.36. The van der Waals surface area contributed by atoms with Gasteiger partial charge in [0.05, 0.1) is 17.4 Å². The smallest absolute Gasteiger partial charge is 0.163 e. The summed E-state index contributed by atoms with van der Waals surface area (Å²) in [5.74, 6) is 0.270. The van der Waals surface area contributed by atoms with Gasteiger partial charge >= 0.3 is 0 Å². The van der Waals surface area contributed by atoms with E-state index in [1.807, 2.05) is 18.2 Å². The van der Waals surface area contributed by atoms with Crippen LogP contribution in [0.15, 0.2) is 35.5 Å². The first kappa shape index (κ1) is 12.3. The average molecular weight is 256 g/mol. The molecule has 0 bridgehead atoms. The molecule has 0 saturated heterocycles. The lowest BCUT2D eigenvalue weighted by Gasteiger charge is -2.33. The minimum absolute atomic E-state index is 0.0436. The lowest BCUT2D eigenvalue weighted by molar-refractivity contribution is -0.118. The van der Waals surface area contributed by atoms with E-state index in [4.69, 9.17) is 0 Å².